The minimum Gasteiger partial charge on any atom is -0.312 e. The molecule has 260 valence electrons. The summed E-state index contributed by atoms with van der Waals surface area (Å²) in [6.07, 6.45) is 43.1. The summed E-state index contributed by atoms with van der Waals surface area (Å²) >= 11 is 0. The van der Waals surface area contributed by atoms with Crippen molar-refractivity contribution in [2.45, 2.75) is 226 Å². The van der Waals surface area contributed by atoms with Crippen molar-refractivity contribution >= 4 is 7.75 Å². The molecule has 1 atom stereocenters. The number of unbranched alkanes of at least 4 members (excludes halogenated alkanes) is 30. The summed E-state index contributed by atoms with van der Waals surface area (Å²) in [5.41, 5.74) is 0. The molecule has 1 unspecified atom stereocenters. The second-order valence-corrected chi connectivity index (χ2v) is 15.3. The molecule has 0 saturated heterocycles. The van der Waals surface area contributed by atoms with Gasteiger partial charge >= 0.3 is 7.75 Å². The molecule has 0 aromatic heterocycles. The Morgan fingerprint density at radius 2 is 0.605 bits per heavy atom. The van der Waals surface area contributed by atoms with Crippen molar-refractivity contribution in [1.82, 2.24) is 4.67 Å². The van der Waals surface area contributed by atoms with Crippen LogP contribution in [-0.2, 0) is 9.09 Å². The van der Waals surface area contributed by atoms with E-state index in [4.69, 9.17) is 4.52 Å². The van der Waals surface area contributed by atoms with Gasteiger partial charge in [0.2, 0.25) is 0 Å². The summed E-state index contributed by atoms with van der Waals surface area (Å²) < 4.78 is 19.8. The van der Waals surface area contributed by atoms with Crippen molar-refractivity contribution in [3.63, 3.8) is 0 Å². The largest absolute Gasteiger partial charge is 0.405 e. The lowest BCUT2D eigenvalue weighted by Gasteiger charge is -2.26. The molecule has 0 heterocycles. The number of hydrogen-bond donors (Lipinski definition) is 1. The Morgan fingerprint density at radius 1 is 0.395 bits per heavy atom. The van der Waals surface area contributed by atoms with Crippen LogP contribution in [0.4, 0.5) is 0 Å². The molecule has 0 spiro atoms. The first-order valence-corrected chi connectivity index (χ1v) is 21.3. The first-order chi connectivity index (χ1) is 21.1. The van der Waals surface area contributed by atoms with E-state index in [9.17, 15) is 9.46 Å². The summed E-state index contributed by atoms with van der Waals surface area (Å²) in [6.45, 7) is 8.05. The maximum Gasteiger partial charge on any atom is 0.405 e. The third-order valence-corrected chi connectivity index (χ3v) is 10.9. The molecule has 0 aliphatic heterocycles. The summed E-state index contributed by atoms with van der Waals surface area (Å²) in [5.74, 6) is 0. The van der Waals surface area contributed by atoms with Crippen molar-refractivity contribution in [3.8, 4) is 0 Å². The van der Waals surface area contributed by atoms with Crippen molar-refractivity contribution in [3.05, 3.63) is 0 Å². The molecule has 0 aromatic carbocycles. The molecular formula is C38H80NO3P. The van der Waals surface area contributed by atoms with Crippen LogP contribution in [0, 0.1) is 0 Å². The molecule has 0 saturated carbocycles. The van der Waals surface area contributed by atoms with E-state index < -0.39 is 7.75 Å². The van der Waals surface area contributed by atoms with Gasteiger partial charge in [0.25, 0.3) is 0 Å². The molecule has 0 aliphatic rings. The predicted molar refractivity (Wildman–Crippen MR) is 192 cm³/mol. The van der Waals surface area contributed by atoms with Gasteiger partial charge in [0.1, 0.15) is 0 Å². The molecule has 5 heteroatoms. The smallest absolute Gasteiger partial charge is 0.312 e. The van der Waals surface area contributed by atoms with Crippen LogP contribution in [0.25, 0.3) is 0 Å². The van der Waals surface area contributed by atoms with Crippen LogP contribution in [0.15, 0.2) is 0 Å². The Labute approximate surface area is 271 Å². The van der Waals surface area contributed by atoms with E-state index in [-0.39, 0.29) is 0 Å². The average molecular weight is 630 g/mol. The Bertz CT molecular complexity index is 537. The second-order valence-electron chi connectivity index (χ2n) is 13.5. The van der Waals surface area contributed by atoms with Crippen LogP contribution >= 0.6 is 7.75 Å². The highest BCUT2D eigenvalue weighted by atomic mass is 31.2. The topological polar surface area (TPSA) is 49.8 Å². The maximum absolute atomic E-state index is 12.8. The van der Waals surface area contributed by atoms with E-state index in [1.165, 1.54) is 180 Å². The zero-order chi connectivity index (χ0) is 31.5. The standard InChI is InChI=1S/C38H80NO3P/c1-4-7-9-11-13-15-17-19-21-23-25-27-29-31-33-35-37-39(43(40,41)42-6-3)38-36-34-32-30-28-26-24-22-20-18-16-14-12-10-8-5-2/h4-38H2,1-3H3,(H,40,41). The molecule has 0 aromatic rings. The summed E-state index contributed by atoms with van der Waals surface area (Å²) in [7, 11) is -3.65. The van der Waals surface area contributed by atoms with Crippen LogP contribution in [0.5, 0.6) is 0 Å². The first kappa shape index (κ1) is 43.1. The molecule has 0 bridgehead atoms. The van der Waals surface area contributed by atoms with Crippen molar-refractivity contribution in [1.29, 1.82) is 0 Å². The maximum atomic E-state index is 12.8. The van der Waals surface area contributed by atoms with E-state index in [1.54, 1.807) is 4.67 Å². The van der Waals surface area contributed by atoms with Gasteiger partial charge in [-0.1, -0.05) is 206 Å². The van der Waals surface area contributed by atoms with E-state index in [1.807, 2.05) is 6.92 Å². The van der Waals surface area contributed by atoms with Crippen LogP contribution in [0.2, 0.25) is 0 Å². The Kier molecular flexibility index (Phi) is 35.1. The zero-order valence-corrected chi connectivity index (χ0v) is 30.8. The average Bonchev–Trinajstić information content (AvgIpc) is 2.99. The molecule has 0 rings (SSSR count). The third-order valence-electron chi connectivity index (χ3n) is 9.19. The number of rotatable bonds is 37. The fourth-order valence-electron chi connectivity index (χ4n) is 6.30. The summed E-state index contributed by atoms with van der Waals surface area (Å²) in [5, 5.41) is 0. The van der Waals surface area contributed by atoms with Gasteiger partial charge in [-0.25, -0.2) is 9.24 Å². The minimum absolute atomic E-state index is 0.294. The van der Waals surface area contributed by atoms with Crippen LogP contribution in [0.3, 0.4) is 0 Å². The first-order valence-electron chi connectivity index (χ1n) is 19.8. The van der Waals surface area contributed by atoms with Gasteiger partial charge < -0.3 is 4.89 Å². The lowest BCUT2D eigenvalue weighted by atomic mass is 10.0. The minimum atomic E-state index is -3.65. The van der Waals surface area contributed by atoms with E-state index in [0.29, 0.717) is 19.7 Å². The molecule has 1 N–H and O–H groups in total. The third kappa shape index (κ3) is 31.9. The lowest BCUT2D eigenvalue weighted by Crippen LogP contribution is -2.24. The summed E-state index contributed by atoms with van der Waals surface area (Å²) in [6, 6.07) is 0. The Morgan fingerprint density at radius 3 is 0.814 bits per heavy atom. The number of hydrogen-bond acceptors (Lipinski definition) is 2. The molecule has 0 amide bonds. The lowest BCUT2D eigenvalue weighted by molar-refractivity contribution is 0.206. The number of nitrogens with zero attached hydrogens (tertiary/aromatic N) is 1. The highest BCUT2D eigenvalue weighted by Crippen LogP contribution is 2.46. The van der Waals surface area contributed by atoms with Gasteiger partial charge in [0, 0.05) is 13.1 Å². The molecule has 0 fully saturated rings. The molecule has 43 heavy (non-hydrogen) atoms. The monoisotopic (exact) mass is 630 g/mol. The Hall–Kier alpha value is 0.110. The van der Waals surface area contributed by atoms with E-state index in [2.05, 4.69) is 13.8 Å². The highest BCUT2D eigenvalue weighted by molar-refractivity contribution is 7.50. The molecule has 0 radical (unpaired) electrons. The molecule has 4 nitrogen and oxygen atoms in total. The quantitative estimate of drug-likeness (QED) is 0.0548. The van der Waals surface area contributed by atoms with Gasteiger partial charge in [0.05, 0.1) is 6.61 Å². The van der Waals surface area contributed by atoms with E-state index >= 15 is 0 Å². The van der Waals surface area contributed by atoms with Crippen LogP contribution < -0.4 is 0 Å². The highest BCUT2D eigenvalue weighted by Gasteiger charge is 2.28. The fraction of sp³-hybridized carbons (Fsp3) is 1.00. The molecular weight excluding hydrogens is 549 g/mol. The van der Waals surface area contributed by atoms with E-state index in [0.717, 1.165) is 25.7 Å². The normalized spacial score (nSPS) is 13.2. The van der Waals surface area contributed by atoms with Crippen LogP contribution in [-0.4, -0.2) is 29.3 Å². The SMILES string of the molecule is CCCCCCCCCCCCCCCCCCN(CCCCCCCCCCCCCCCCCC)P(=O)(O)OCC. The van der Waals surface area contributed by atoms with Crippen molar-refractivity contribution in [2.24, 2.45) is 0 Å². The predicted octanol–water partition coefficient (Wildman–Crippen LogP) is 13.9. The van der Waals surface area contributed by atoms with Gasteiger partial charge in [0.15, 0.2) is 0 Å². The fourth-order valence-corrected chi connectivity index (χ4v) is 7.59. The molecule has 0 aliphatic carbocycles. The van der Waals surface area contributed by atoms with Gasteiger partial charge in [-0.15, -0.1) is 0 Å². The second kappa shape index (κ2) is 35.0. The van der Waals surface area contributed by atoms with Crippen molar-refractivity contribution in [2.75, 3.05) is 19.7 Å². The van der Waals surface area contributed by atoms with Gasteiger partial charge in [-0.2, -0.15) is 0 Å². The van der Waals surface area contributed by atoms with Gasteiger partial charge in [-0.3, -0.25) is 4.52 Å². The zero-order valence-electron chi connectivity index (χ0n) is 29.9. The van der Waals surface area contributed by atoms with Crippen molar-refractivity contribution < 1.29 is 14.0 Å². The van der Waals surface area contributed by atoms with Gasteiger partial charge in [-0.05, 0) is 19.8 Å². The summed E-state index contributed by atoms with van der Waals surface area (Å²) in [4.78, 5) is 10.5. The Balaban J connectivity index is 3.70. The van der Waals surface area contributed by atoms with Crippen LogP contribution in [0.1, 0.15) is 226 Å².